The van der Waals surface area contributed by atoms with Gasteiger partial charge in [0.15, 0.2) is 0 Å². The number of hydrogen-bond acceptors (Lipinski definition) is 0. The monoisotopic (exact) mass is 146 g/mol. The highest BCUT2D eigenvalue weighted by Crippen LogP contribution is 2.29. The van der Waals surface area contributed by atoms with E-state index in [1.54, 1.807) is 0 Å². The molecule has 0 saturated heterocycles. The van der Waals surface area contributed by atoms with Crippen LogP contribution in [0.2, 0.25) is 0 Å². The lowest BCUT2D eigenvalue weighted by molar-refractivity contribution is -0.111. The summed E-state index contributed by atoms with van der Waals surface area (Å²) < 4.78 is 55.9. The first-order valence-corrected chi connectivity index (χ1v) is 1.94. The van der Waals surface area contributed by atoms with Crippen molar-refractivity contribution in [2.45, 2.75) is 13.1 Å². The average Bonchev–Trinajstić information content (AvgIpc) is 1.62. The zero-order valence-corrected chi connectivity index (χ0v) is 4.39. The Balaban J connectivity index is 4.40. The molecule has 54 valence electrons. The van der Waals surface area contributed by atoms with Crippen molar-refractivity contribution >= 4 is 0 Å². The second kappa shape index (κ2) is 2.33. The lowest BCUT2D eigenvalue weighted by atomic mass is 10.4. The number of allylic oxidation sites excluding steroid dienone is 2. The number of hydrogen-bond donors (Lipinski definition) is 0. The van der Waals surface area contributed by atoms with Crippen LogP contribution in [0, 0.1) is 0 Å². The summed E-state index contributed by atoms with van der Waals surface area (Å²) in [6.45, 7) is 0.406. The van der Waals surface area contributed by atoms with Crippen molar-refractivity contribution in [2.24, 2.45) is 0 Å². The lowest BCUT2D eigenvalue weighted by Gasteiger charge is -2.00. The highest BCUT2D eigenvalue weighted by Gasteiger charge is 2.36. The summed E-state index contributed by atoms with van der Waals surface area (Å²) in [5.41, 5.74) is 0. The van der Waals surface area contributed by atoms with Crippen molar-refractivity contribution in [3.05, 3.63) is 11.7 Å². The van der Waals surface area contributed by atoms with Crippen LogP contribution in [-0.2, 0) is 0 Å². The van der Waals surface area contributed by atoms with Crippen LogP contribution in [0.1, 0.15) is 6.92 Å². The van der Waals surface area contributed by atoms with Gasteiger partial charge in [-0.2, -0.15) is 17.6 Å². The van der Waals surface area contributed by atoms with E-state index in [1.165, 1.54) is 0 Å². The predicted octanol–water partition coefficient (Wildman–Crippen LogP) is 2.72. The maximum Gasteiger partial charge on any atom is 0.445 e. The molecule has 0 atom stereocenters. The standard InChI is InChI=1S/C4H3F5/c1-2(5)3(6)4(7,8)9/h1H3. The van der Waals surface area contributed by atoms with Gasteiger partial charge in [-0.25, -0.2) is 4.39 Å². The van der Waals surface area contributed by atoms with Crippen LogP contribution in [0.15, 0.2) is 11.7 Å². The Kier molecular flexibility index (Phi) is 2.17. The quantitative estimate of drug-likeness (QED) is 0.461. The molecule has 0 N–H and O–H groups in total. The molecule has 0 rings (SSSR count). The van der Waals surface area contributed by atoms with Crippen molar-refractivity contribution in [2.75, 3.05) is 0 Å². The van der Waals surface area contributed by atoms with E-state index in [2.05, 4.69) is 0 Å². The van der Waals surface area contributed by atoms with Crippen LogP contribution in [0.3, 0.4) is 0 Å². The maximum atomic E-state index is 11.4. The number of rotatable bonds is 0. The molecular formula is C4H3F5. The Hall–Kier alpha value is -0.610. The Morgan fingerprint density at radius 1 is 1.11 bits per heavy atom. The predicted molar refractivity (Wildman–Crippen MR) is 21.0 cm³/mol. The highest BCUT2D eigenvalue weighted by atomic mass is 19.4. The topological polar surface area (TPSA) is 0 Å². The molecule has 0 saturated carbocycles. The Morgan fingerprint density at radius 3 is 1.44 bits per heavy atom. The highest BCUT2D eigenvalue weighted by molar-refractivity contribution is 5.02. The Labute approximate surface area is 48.0 Å². The van der Waals surface area contributed by atoms with Gasteiger partial charge in [-0.1, -0.05) is 0 Å². The van der Waals surface area contributed by atoms with Gasteiger partial charge in [-0.05, 0) is 6.92 Å². The van der Waals surface area contributed by atoms with E-state index in [-0.39, 0.29) is 0 Å². The molecule has 0 aliphatic heterocycles. The van der Waals surface area contributed by atoms with E-state index >= 15 is 0 Å². The smallest absolute Gasteiger partial charge is 0.209 e. The zero-order valence-electron chi connectivity index (χ0n) is 4.39. The minimum atomic E-state index is -5.18. The number of alkyl halides is 3. The molecule has 0 radical (unpaired) electrons. The molecule has 0 nitrogen and oxygen atoms in total. The molecule has 0 bridgehead atoms. The van der Waals surface area contributed by atoms with Gasteiger partial charge < -0.3 is 0 Å². The molecule has 0 unspecified atom stereocenters. The van der Waals surface area contributed by atoms with Gasteiger partial charge in [0.05, 0.1) is 0 Å². The van der Waals surface area contributed by atoms with E-state index < -0.39 is 17.8 Å². The summed E-state index contributed by atoms with van der Waals surface area (Å²) in [5.74, 6) is -4.51. The van der Waals surface area contributed by atoms with Gasteiger partial charge >= 0.3 is 6.18 Å². The van der Waals surface area contributed by atoms with Gasteiger partial charge in [-0.15, -0.1) is 0 Å². The molecule has 0 amide bonds. The Bertz CT molecular complexity index is 126. The fourth-order valence-corrected chi connectivity index (χ4v) is 0.195. The SMILES string of the molecule is CC(F)=C(F)C(F)(F)F. The molecule has 5 heteroatoms. The van der Waals surface area contributed by atoms with E-state index in [9.17, 15) is 22.0 Å². The minimum Gasteiger partial charge on any atom is -0.209 e. The van der Waals surface area contributed by atoms with Crippen molar-refractivity contribution in [3.63, 3.8) is 0 Å². The molecule has 0 spiro atoms. The molecule has 9 heavy (non-hydrogen) atoms. The molecular weight excluding hydrogens is 143 g/mol. The molecule has 0 aliphatic carbocycles. The van der Waals surface area contributed by atoms with Crippen molar-refractivity contribution in [1.82, 2.24) is 0 Å². The van der Waals surface area contributed by atoms with Gasteiger partial charge in [0.25, 0.3) is 0 Å². The molecule has 0 fully saturated rings. The third-order valence-corrected chi connectivity index (χ3v) is 0.551. The summed E-state index contributed by atoms with van der Waals surface area (Å²) in [7, 11) is 0. The fraction of sp³-hybridized carbons (Fsp3) is 0.500. The summed E-state index contributed by atoms with van der Waals surface area (Å²) in [4.78, 5) is 0. The second-order valence-corrected chi connectivity index (χ2v) is 1.35. The fourth-order valence-electron chi connectivity index (χ4n) is 0.195. The molecule has 0 heterocycles. The van der Waals surface area contributed by atoms with E-state index in [4.69, 9.17) is 0 Å². The third-order valence-electron chi connectivity index (χ3n) is 0.551. The van der Waals surface area contributed by atoms with Gasteiger partial charge in [0.1, 0.15) is 5.83 Å². The number of halogens is 5. The van der Waals surface area contributed by atoms with E-state index in [1.807, 2.05) is 0 Å². The van der Waals surface area contributed by atoms with Crippen LogP contribution in [0.5, 0.6) is 0 Å². The maximum absolute atomic E-state index is 11.4. The molecule has 0 aliphatic rings. The summed E-state index contributed by atoms with van der Waals surface area (Å²) in [6, 6.07) is 0. The summed E-state index contributed by atoms with van der Waals surface area (Å²) in [5, 5.41) is 0. The average molecular weight is 146 g/mol. The van der Waals surface area contributed by atoms with Gasteiger partial charge in [-0.3, -0.25) is 0 Å². The second-order valence-electron chi connectivity index (χ2n) is 1.35. The van der Waals surface area contributed by atoms with Crippen molar-refractivity contribution < 1.29 is 22.0 Å². The van der Waals surface area contributed by atoms with Crippen LogP contribution in [0.25, 0.3) is 0 Å². The van der Waals surface area contributed by atoms with Gasteiger partial charge in [0.2, 0.25) is 5.83 Å². The van der Waals surface area contributed by atoms with Crippen LogP contribution in [-0.4, -0.2) is 6.18 Å². The zero-order chi connectivity index (χ0) is 7.65. The minimum absolute atomic E-state index is 0.406. The summed E-state index contributed by atoms with van der Waals surface area (Å²) in [6.07, 6.45) is -5.18. The lowest BCUT2D eigenvalue weighted by Crippen LogP contribution is -2.08. The van der Waals surface area contributed by atoms with Crippen molar-refractivity contribution in [1.29, 1.82) is 0 Å². The molecule has 0 aromatic rings. The molecule has 0 aromatic carbocycles. The first-order chi connectivity index (χ1) is 3.85. The van der Waals surface area contributed by atoms with Gasteiger partial charge in [0, 0.05) is 0 Å². The van der Waals surface area contributed by atoms with E-state index in [0.717, 1.165) is 0 Å². The van der Waals surface area contributed by atoms with Crippen molar-refractivity contribution in [3.8, 4) is 0 Å². The van der Waals surface area contributed by atoms with Crippen LogP contribution in [0.4, 0.5) is 22.0 Å². The third kappa shape index (κ3) is 2.43. The largest absolute Gasteiger partial charge is 0.445 e. The van der Waals surface area contributed by atoms with E-state index in [0.29, 0.717) is 6.92 Å². The van der Waals surface area contributed by atoms with Crippen LogP contribution < -0.4 is 0 Å². The normalized spacial score (nSPS) is 15.3. The first kappa shape index (κ1) is 8.39. The molecule has 0 aromatic heterocycles. The summed E-state index contributed by atoms with van der Waals surface area (Å²) >= 11 is 0. The first-order valence-electron chi connectivity index (χ1n) is 1.94. The Morgan fingerprint density at radius 2 is 1.44 bits per heavy atom. The van der Waals surface area contributed by atoms with Crippen LogP contribution >= 0.6 is 0 Å².